The molecule has 1 aliphatic carbocycles. The Kier molecular flexibility index (Phi) is 5.29. The van der Waals surface area contributed by atoms with E-state index in [0.29, 0.717) is 6.04 Å². The molecule has 4 rings (SSSR count). The zero-order chi connectivity index (χ0) is 18.9. The molecule has 2 N–H and O–H groups in total. The first-order chi connectivity index (χ1) is 13.0. The average Bonchev–Trinajstić information content (AvgIpc) is 3.31. The molecule has 0 bridgehead atoms. The number of anilines is 2. The van der Waals surface area contributed by atoms with E-state index in [0.717, 1.165) is 17.5 Å². The van der Waals surface area contributed by atoms with Gasteiger partial charge in [0.15, 0.2) is 0 Å². The Morgan fingerprint density at radius 2 is 1.81 bits per heavy atom. The second kappa shape index (κ2) is 7.69. The summed E-state index contributed by atoms with van der Waals surface area (Å²) in [5, 5.41) is 15.3. The van der Waals surface area contributed by atoms with Crippen molar-refractivity contribution in [3.8, 4) is 0 Å². The highest BCUT2D eigenvalue weighted by Crippen LogP contribution is 2.35. The molecule has 0 saturated heterocycles. The molecule has 1 heterocycles. The fraction of sp³-hybridized carbons (Fsp3) is 0.364. The maximum Gasteiger partial charge on any atom is 0.109 e. The average molecular weight is 399 g/mol. The van der Waals surface area contributed by atoms with Crippen molar-refractivity contribution in [3.63, 3.8) is 0 Å². The van der Waals surface area contributed by atoms with Crippen LogP contribution in [0.2, 0.25) is 0 Å². The van der Waals surface area contributed by atoms with Crippen LogP contribution >= 0.6 is 18.5 Å². The Bertz CT molecular complexity index is 968. The lowest BCUT2D eigenvalue weighted by Gasteiger charge is -2.17. The van der Waals surface area contributed by atoms with Crippen LogP contribution in [0.3, 0.4) is 0 Å². The third-order valence-electron chi connectivity index (χ3n) is 5.36. The van der Waals surface area contributed by atoms with Gasteiger partial charge < -0.3 is 15.2 Å². The molecule has 1 fully saturated rings. The van der Waals surface area contributed by atoms with Gasteiger partial charge in [0.05, 0.1) is 0 Å². The molecule has 5 heteroatoms. The highest BCUT2D eigenvalue weighted by Gasteiger charge is 2.16. The Hall–Kier alpha value is -1.77. The molecule has 0 radical (unpaired) electrons. The standard InChI is InChI=1S/C22H27N2OPS/c1-26(2,25)20-9-7-16(8-10-20)13-23-19-11-17-14-27-15-21(17)22(12-19)24-18-5-3-4-6-18/h7-12,14-15,18,23-24H,3-6,13H2,1-2H3. The second-order valence-corrected chi connectivity index (χ2v) is 11.9. The maximum absolute atomic E-state index is 12.2. The van der Waals surface area contributed by atoms with E-state index in [1.807, 2.05) is 25.5 Å². The van der Waals surface area contributed by atoms with Crippen LogP contribution in [0.5, 0.6) is 0 Å². The van der Waals surface area contributed by atoms with E-state index < -0.39 is 7.14 Å². The summed E-state index contributed by atoms with van der Waals surface area (Å²) in [6.07, 6.45) is 5.21. The predicted molar refractivity (Wildman–Crippen MR) is 121 cm³/mol. The molecule has 0 spiro atoms. The molecule has 1 aromatic heterocycles. The molecule has 0 amide bonds. The molecule has 1 aliphatic rings. The van der Waals surface area contributed by atoms with Gasteiger partial charge in [0.25, 0.3) is 0 Å². The normalized spacial score (nSPS) is 15.3. The Balaban J connectivity index is 1.50. The van der Waals surface area contributed by atoms with Crippen LogP contribution in [0.4, 0.5) is 11.4 Å². The number of hydrogen-bond acceptors (Lipinski definition) is 4. The van der Waals surface area contributed by atoms with Crippen molar-refractivity contribution < 1.29 is 4.57 Å². The second-order valence-electron chi connectivity index (χ2n) is 7.90. The SMILES string of the molecule is CP(C)(=O)c1ccc(CNc2cc(NC3CCCC3)c3cscc3c2)cc1. The van der Waals surface area contributed by atoms with Gasteiger partial charge in [0.2, 0.25) is 0 Å². The smallest absolute Gasteiger partial charge is 0.109 e. The summed E-state index contributed by atoms with van der Waals surface area (Å²) in [6.45, 7) is 4.39. The summed E-state index contributed by atoms with van der Waals surface area (Å²) < 4.78 is 12.2. The first kappa shape index (κ1) is 18.6. The number of nitrogens with one attached hydrogen (secondary N) is 2. The molecular formula is C22H27N2OPS. The third-order valence-corrected chi connectivity index (χ3v) is 7.67. The quantitative estimate of drug-likeness (QED) is 0.492. The minimum atomic E-state index is -2.18. The van der Waals surface area contributed by atoms with E-state index >= 15 is 0 Å². The monoisotopic (exact) mass is 398 g/mol. The van der Waals surface area contributed by atoms with Gasteiger partial charge >= 0.3 is 0 Å². The first-order valence-electron chi connectivity index (χ1n) is 9.64. The highest BCUT2D eigenvalue weighted by atomic mass is 32.1. The molecule has 0 aliphatic heterocycles. The van der Waals surface area contributed by atoms with Crippen molar-refractivity contribution in [1.82, 2.24) is 0 Å². The van der Waals surface area contributed by atoms with Crippen LogP contribution in [-0.2, 0) is 11.1 Å². The van der Waals surface area contributed by atoms with Crippen molar-refractivity contribution in [3.05, 3.63) is 52.7 Å². The largest absolute Gasteiger partial charge is 0.382 e. The lowest BCUT2D eigenvalue weighted by atomic mass is 10.1. The van der Waals surface area contributed by atoms with Gasteiger partial charge in [-0.25, -0.2) is 0 Å². The van der Waals surface area contributed by atoms with Crippen LogP contribution in [-0.4, -0.2) is 19.4 Å². The third kappa shape index (κ3) is 4.39. The first-order valence-corrected chi connectivity index (χ1v) is 13.2. The fourth-order valence-corrected chi connectivity index (χ4v) is 5.44. The van der Waals surface area contributed by atoms with Gasteiger partial charge in [-0.05, 0) is 54.6 Å². The van der Waals surface area contributed by atoms with E-state index in [4.69, 9.17) is 0 Å². The number of fused-ring (bicyclic) bond motifs is 1. The minimum Gasteiger partial charge on any atom is -0.382 e. The van der Waals surface area contributed by atoms with Crippen molar-refractivity contribution in [2.75, 3.05) is 24.0 Å². The fourth-order valence-electron chi connectivity index (χ4n) is 3.77. The summed E-state index contributed by atoms with van der Waals surface area (Å²) in [5.74, 6) is 0. The summed E-state index contributed by atoms with van der Waals surface area (Å²) in [4.78, 5) is 0. The van der Waals surface area contributed by atoms with Crippen molar-refractivity contribution >= 4 is 45.9 Å². The summed E-state index contributed by atoms with van der Waals surface area (Å²) in [6, 6.07) is 13.2. The van der Waals surface area contributed by atoms with Gasteiger partial charge in [-0.1, -0.05) is 37.1 Å². The van der Waals surface area contributed by atoms with E-state index in [1.165, 1.54) is 47.7 Å². The molecule has 0 atom stereocenters. The predicted octanol–water partition coefficient (Wildman–Crippen LogP) is 6.12. The molecular weight excluding hydrogens is 371 g/mol. The molecule has 142 valence electrons. The minimum absolute atomic E-state index is 0.606. The van der Waals surface area contributed by atoms with Gasteiger partial charge in [0.1, 0.15) is 7.14 Å². The molecule has 27 heavy (non-hydrogen) atoms. The lowest BCUT2D eigenvalue weighted by molar-refractivity contribution is 0.588. The Morgan fingerprint density at radius 1 is 1.07 bits per heavy atom. The van der Waals surface area contributed by atoms with E-state index in [2.05, 4.69) is 45.7 Å². The van der Waals surface area contributed by atoms with E-state index in [-0.39, 0.29) is 0 Å². The summed E-state index contributed by atoms with van der Waals surface area (Å²) in [5.41, 5.74) is 3.58. The maximum atomic E-state index is 12.2. The summed E-state index contributed by atoms with van der Waals surface area (Å²) in [7, 11) is -2.18. The van der Waals surface area contributed by atoms with E-state index in [9.17, 15) is 4.57 Å². The highest BCUT2D eigenvalue weighted by molar-refractivity contribution is 7.70. The summed E-state index contributed by atoms with van der Waals surface area (Å²) >= 11 is 1.76. The zero-order valence-electron chi connectivity index (χ0n) is 16.0. The van der Waals surface area contributed by atoms with Crippen molar-refractivity contribution in [1.29, 1.82) is 0 Å². The number of benzene rings is 2. The Morgan fingerprint density at radius 3 is 2.52 bits per heavy atom. The number of hydrogen-bond donors (Lipinski definition) is 2. The topological polar surface area (TPSA) is 41.1 Å². The molecule has 2 aromatic carbocycles. The van der Waals surface area contributed by atoms with Gasteiger partial charge in [-0.2, -0.15) is 11.3 Å². The van der Waals surface area contributed by atoms with Crippen LogP contribution in [0.25, 0.3) is 10.8 Å². The van der Waals surface area contributed by atoms with Gasteiger partial charge in [-0.3, -0.25) is 0 Å². The van der Waals surface area contributed by atoms with Crippen LogP contribution in [0.15, 0.2) is 47.2 Å². The Labute approximate surface area is 165 Å². The number of thiophene rings is 1. The van der Waals surface area contributed by atoms with Crippen molar-refractivity contribution in [2.45, 2.75) is 38.3 Å². The van der Waals surface area contributed by atoms with Gasteiger partial charge in [0, 0.05) is 40.0 Å². The zero-order valence-corrected chi connectivity index (χ0v) is 17.7. The van der Waals surface area contributed by atoms with Crippen LogP contribution in [0, 0.1) is 0 Å². The molecule has 3 aromatic rings. The van der Waals surface area contributed by atoms with Crippen molar-refractivity contribution in [2.24, 2.45) is 0 Å². The van der Waals surface area contributed by atoms with Crippen LogP contribution in [0.1, 0.15) is 31.2 Å². The molecule has 3 nitrogen and oxygen atoms in total. The van der Waals surface area contributed by atoms with E-state index in [1.54, 1.807) is 11.3 Å². The molecule has 1 saturated carbocycles. The molecule has 0 unspecified atom stereocenters. The van der Waals surface area contributed by atoms with Crippen LogP contribution < -0.4 is 15.9 Å². The lowest BCUT2D eigenvalue weighted by Crippen LogP contribution is -2.14. The number of rotatable bonds is 6. The van der Waals surface area contributed by atoms with Gasteiger partial charge in [-0.15, -0.1) is 0 Å².